The van der Waals surface area contributed by atoms with Crippen LogP contribution in [0.4, 0.5) is 0 Å². The summed E-state index contributed by atoms with van der Waals surface area (Å²) in [4.78, 5) is 3.87. The van der Waals surface area contributed by atoms with Gasteiger partial charge < -0.3 is 0 Å². The number of sulfone groups is 1. The third kappa shape index (κ3) is 3.38. The summed E-state index contributed by atoms with van der Waals surface area (Å²) < 4.78 is 22.1. The molecule has 13 heavy (non-hydrogen) atoms. The molecule has 1 heterocycles. The van der Waals surface area contributed by atoms with Crippen LogP contribution in [0.15, 0.2) is 29.9 Å². The highest BCUT2D eigenvalue weighted by atomic mass is 32.2. The van der Waals surface area contributed by atoms with E-state index in [1.165, 1.54) is 5.41 Å². The molecule has 70 valence electrons. The van der Waals surface area contributed by atoms with E-state index < -0.39 is 9.84 Å². The van der Waals surface area contributed by atoms with Gasteiger partial charge in [-0.2, -0.15) is 0 Å². The first-order valence-corrected chi connectivity index (χ1v) is 5.66. The fourth-order valence-corrected chi connectivity index (χ4v) is 1.31. The predicted molar refractivity (Wildman–Crippen MR) is 52.7 cm³/mol. The van der Waals surface area contributed by atoms with Gasteiger partial charge in [-0.3, -0.25) is 4.98 Å². The van der Waals surface area contributed by atoms with Gasteiger partial charge in [0.2, 0.25) is 0 Å². The number of hydrogen-bond donors (Lipinski definition) is 0. The zero-order valence-corrected chi connectivity index (χ0v) is 8.16. The van der Waals surface area contributed by atoms with Crippen LogP contribution in [0.3, 0.4) is 0 Å². The maximum Gasteiger partial charge on any atom is 0.171 e. The van der Waals surface area contributed by atoms with E-state index in [4.69, 9.17) is 0 Å². The van der Waals surface area contributed by atoms with E-state index >= 15 is 0 Å². The molecule has 0 radical (unpaired) electrons. The van der Waals surface area contributed by atoms with Crippen molar-refractivity contribution >= 4 is 15.9 Å². The van der Waals surface area contributed by atoms with Crippen molar-refractivity contribution in [1.29, 1.82) is 0 Å². The van der Waals surface area contributed by atoms with Crippen LogP contribution in [0.2, 0.25) is 0 Å². The Morgan fingerprint density at radius 2 is 2.31 bits per heavy atom. The minimum atomic E-state index is -3.03. The number of hydrogen-bond acceptors (Lipinski definition) is 3. The average molecular weight is 197 g/mol. The molecule has 4 heteroatoms. The molecule has 0 N–H and O–H groups in total. The van der Waals surface area contributed by atoms with E-state index in [1.54, 1.807) is 37.5 Å². The van der Waals surface area contributed by atoms with Gasteiger partial charge in [0.1, 0.15) is 0 Å². The number of nitrogens with zero attached hydrogens (tertiary/aromatic N) is 1. The highest BCUT2D eigenvalue weighted by molar-refractivity contribution is 7.94. The van der Waals surface area contributed by atoms with E-state index in [2.05, 4.69) is 4.98 Å². The van der Waals surface area contributed by atoms with E-state index in [9.17, 15) is 8.42 Å². The predicted octanol–water partition coefficient (Wildman–Crippen LogP) is 1.49. The van der Waals surface area contributed by atoms with Crippen molar-refractivity contribution in [3.63, 3.8) is 0 Å². The van der Waals surface area contributed by atoms with Gasteiger partial charge in [0.05, 0.1) is 5.75 Å². The second-order valence-corrected chi connectivity index (χ2v) is 4.72. The minimum Gasteiger partial charge on any atom is -0.264 e. The molecule has 0 aliphatic rings. The van der Waals surface area contributed by atoms with Gasteiger partial charge in [-0.1, -0.05) is 13.0 Å². The van der Waals surface area contributed by atoms with Crippen molar-refractivity contribution in [1.82, 2.24) is 4.98 Å². The maximum atomic E-state index is 11.1. The first-order chi connectivity index (χ1) is 6.14. The Bertz CT molecular complexity index is 381. The van der Waals surface area contributed by atoms with Gasteiger partial charge in [0.15, 0.2) is 9.84 Å². The van der Waals surface area contributed by atoms with Crippen LogP contribution in [-0.2, 0) is 9.84 Å². The third-order valence-corrected chi connectivity index (χ3v) is 2.91. The maximum absolute atomic E-state index is 11.1. The summed E-state index contributed by atoms with van der Waals surface area (Å²) in [5.74, 6) is 0.129. The zero-order chi connectivity index (χ0) is 9.73. The molecule has 0 atom stereocenters. The van der Waals surface area contributed by atoms with Crippen molar-refractivity contribution in [2.24, 2.45) is 0 Å². The van der Waals surface area contributed by atoms with Crippen molar-refractivity contribution in [2.75, 3.05) is 5.75 Å². The molecule has 0 aliphatic carbocycles. The second-order valence-electron chi connectivity index (χ2n) is 2.54. The molecule has 1 aromatic rings. The monoisotopic (exact) mass is 197 g/mol. The Morgan fingerprint density at radius 3 is 2.85 bits per heavy atom. The molecule has 0 unspecified atom stereocenters. The van der Waals surface area contributed by atoms with Gasteiger partial charge in [0, 0.05) is 17.8 Å². The number of aromatic nitrogens is 1. The van der Waals surface area contributed by atoms with Gasteiger partial charge >= 0.3 is 0 Å². The smallest absolute Gasteiger partial charge is 0.171 e. The zero-order valence-electron chi connectivity index (χ0n) is 7.34. The summed E-state index contributed by atoms with van der Waals surface area (Å²) in [6.07, 6.45) is 4.80. The lowest BCUT2D eigenvalue weighted by molar-refractivity contribution is 0.606. The average Bonchev–Trinajstić information content (AvgIpc) is 2.17. The SMILES string of the molecule is CCS(=O)(=O)/C=C\c1cccnc1. The summed E-state index contributed by atoms with van der Waals surface area (Å²) in [6.45, 7) is 1.61. The molecule has 0 bridgehead atoms. The van der Waals surface area contributed by atoms with Crippen LogP contribution in [0.25, 0.3) is 6.08 Å². The summed E-state index contributed by atoms with van der Waals surface area (Å²) in [5.41, 5.74) is 0.791. The lowest BCUT2D eigenvalue weighted by atomic mass is 10.3. The van der Waals surface area contributed by atoms with Gasteiger partial charge in [-0.25, -0.2) is 8.42 Å². The van der Waals surface area contributed by atoms with Crippen LogP contribution in [0, 0.1) is 0 Å². The van der Waals surface area contributed by atoms with Crippen molar-refractivity contribution in [2.45, 2.75) is 6.92 Å². The van der Waals surface area contributed by atoms with Crippen molar-refractivity contribution in [3.05, 3.63) is 35.5 Å². The van der Waals surface area contributed by atoms with Gasteiger partial charge in [0.25, 0.3) is 0 Å². The Hall–Kier alpha value is -1.16. The molecule has 3 nitrogen and oxygen atoms in total. The molecule has 0 amide bonds. The van der Waals surface area contributed by atoms with Crippen LogP contribution in [-0.4, -0.2) is 19.2 Å². The first-order valence-electron chi connectivity index (χ1n) is 3.95. The first kappa shape index (κ1) is 9.92. The standard InChI is InChI=1S/C9H11NO2S/c1-2-13(11,12)7-5-9-4-3-6-10-8-9/h3-8H,2H2,1H3/b7-5-. The second kappa shape index (κ2) is 4.18. The van der Waals surface area contributed by atoms with Crippen LogP contribution in [0.1, 0.15) is 12.5 Å². The molecule has 0 spiro atoms. The molecule has 0 saturated heterocycles. The van der Waals surface area contributed by atoms with Gasteiger partial charge in [-0.15, -0.1) is 0 Å². The van der Waals surface area contributed by atoms with E-state index in [-0.39, 0.29) is 5.75 Å². The molecule has 1 aromatic heterocycles. The van der Waals surface area contributed by atoms with E-state index in [1.807, 2.05) is 0 Å². The normalized spacial score (nSPS) is 12.1. The lowest BCUT2D eigenvalue weighted by Gasteiger charge is -1.91. The Labute approximate surface area is 78.0 Å². The van der Waals surface area contributed by atoms with Gasteiger partial charge in [-0.05, 0) is 17.7 Å². The van der Waals surface area contributed by atoms with E-state index in [0.717, 1.165) is 5.56 Å². The lowest BCUT2D eigenvalue weighted by Crippen LogP contribution is -1.96. The molecule has 0 fully saturated rings. The summed E-state index contributed by atoms with van der Waals surface area (Å²) in [7, 11) is -3.03. The van der Waals surface area contributed by atoms with Crippen LogP contribution < -0.4 is 0 Å². The van der Waals surface area contributed by atoms with Crippen molar-refractivity contribution < 1.29 is 8.42 Å². The molecule has 0 aromatic carbocycles. The Morgan fingerprint density at radius 1 is 1.54 bits per heavy atom. The highest BCUT2D eigenvalue weighted by Crippen LogP contribution is 2.01. The Kier molecular flexibility index (Phi) is 3.19. The molecular weight excluding hydrogens is 186 g/mol. The number of rotatable bonds is 3. The molecule has 1 rings (SSSR count). The largest absolute Gasteiger partial charge is 0.264 e. The summed E-state index contributed by atoms with van der Waals surface area (Å²) in [5, 5.41) is 1.21. The van der Waals surface area contributed by atoms with E-state index in [0.29, 0.717) is 0 Å². The molecular formula is C9H11NO2S. The fraction of sp³-hybridized carbons (Fsp3) is 0.222. The van der Waals surface area contributed by atoms with Crippen molar-refractivity contribution in [3.8, 4) is 0 Å². The minimum absolute atomic E-state index is 0.129. The summed E-state index contributed by atoms with van der Waals surface area (Å²) in [6, 6.07) is 3.56. The molecule has 0 aliphatic heterocycles. The summed E-state index contributed by atoms with van der Waals surface area (Å²) >= 11 is 0. The molecule has 0 saturated carbocycles. The van der Waals surface area contributed by atoms with Crippen LogP contribution >= 0.6 is 0 Å². The highest BCUT2D eigenvalue weighted by Gasteiger charge is 1.99. The Balaban J connectivity index is 2.82. The quantitative estimate of drug-likeness (QED) is 0.737. The fourth-order valence-electron chi connectivity index (χ4n) is 0.753. The topological polar surface area (TPSA) is 47.0 Å². The number of pyridine rings is 1. The van der Waals surface area contributed by atoms with Crippen LogP contribution in [0.5, 0.6) is 0 Å². The third-order valence-electron chi connectivity index (χ3n) is 1.55.